The van der Waals surface area contributed by atoms with E-state index in [1.807, 2.05) is 0 Å². The Morgan fingerprint density at radius 2 is 1.67 bits per heavy atom. The fourth-order valence-electron chi connectivity index (χ4n) is 1.58. The van der Waals surface area contributed by atoms with Crippen molar-refractivity contribution in [3.8, 4) is 0 Å². The van der Waals surface area contributed by atoms with Gasteiger partial charge < -0.3 is 5.32 Å². The number of rotatable bonds is 2. The van der Waals surface area contributed by atoms with E-state index in [1.54, 1.807) is 0 Å². The lowest BCUT2D eigenvalue weighted by atomic mass is 10.1. The molecule has 2 nitrogen and oxygen atoms in total. The third kappa shape index (κ3) is 3.81. The van der Waals surface area contributed by atoms with Gasteiger partial charge in [-0.1, -0.05) is 0 Å². The molecule has 110 valence electrons. The van der Waals surface area contributed by atoms with E-state index in [0.29, 0.717) is 0 Å². The number of hydrogen-bond acceptors (Lipinski definition) is 1. The van der Waals surface area contributed by atoms with E-state index < -0.39 is 23.5 Å². The van der Waals surface area contributed by atoms with Gasteiger partial charge in [0.15, 0.2) is 0 Å². The zero-order valence-electron chi connectivity index (χ0n) is 10.3. The molecule has 0 radical (unpaired) electrons. The van der Waals surface area contributed by atoms with Crippen LogP contribution < -0.4 is 5.32 Å². The zero-order chi connectivity index (χ0) is 15.6. The normalized spacial score (nSPS) is 11.3. The number of benzene rings is 2. The Morgan fingerprint density at radius 3 is 2.19 bits per heavy atom. The van der Waals surface area contributed by atoms with Crippen molar-refractivity contribution in [2.75, 3.05) is 5.32 Å². The molecule has 0 saturated heterocycles. The third-order valence-corrected chi connectivity index (χ3v) is 3.26. The monoisotopic (exact) mass is 361 g/mol. The third-order valence-electron chi connectivity index (χ3n) is 2.65. The van der Waals surface area contributed by atoms with Crippen LogP contribution in [0.25, 0.3) is 0 Å². The Bertz CT molecular complexity index is 668. The van der Waals surface area contributed by atoms with Crippen molar-refractivity contribution in [1.29, 1.82) is 0 Å². The van der Waals surface area contributed by atoms with Gasteiger partial charge >= 0.3 is 6.18 Å². The van der Waals surface area contributed by atoms with Crippen LogP contribution >= 0.6 is 15.9 Å². The number of carbonyl (C=O) groups is 1. The van der Waals surface area contributed by atoms with Gasteiger partial charge in [0, 0.05) is 11.3 Å². The van der Waals surface area contributed by atoms with E-state index in [0.717, 1.165) is 30.3 Å². The summed E-state index contributed by atoms with van der Waals surface area (Å²) >= 11 is 2.95. The lowest BCUT2D eigenvalue weighted by Gasteiger charge is -2.09. The number of alkyl halides is 3. The Labute approximate surface area is 125 Å². The van der Waals surface area contributed by atoms with Gasteiger partial charge in [-0.2, -0.15) is 13.2 Å². The summed E-state index contributed by atoms with van der Waals surface area (Å²) in [5.74, 6) is -1.06. The molecule has 0 heterocycles. The maximum Gasteiger partial charge on any atom is 0.416 e. The number of anilines is 1. The topological polar surface area (TPSA) is 29.1 Å². The smallest absolute Gasteiger partial charge is 0.322 e. The standard InChI is InChI=1S/C14H8BrF4NO/c15-11-7-8(1-6-12(11)16)13(21)20-10-4-2-9(3-5-10)14(17,18)19/h1-7H,(H,20,21). The molecule has 0 aliphatic heterocycles. The summed E-state index contributed by atoms with van der Waals surface area (Å²) in [5, 5.41) is 2.43. The number of carbonyl (C=O) groups excluding carboxylic acids is 1. The van der Waals surface area contributed by atoms with Crippen molar-refractivity contribution in [3.63, 3.8) is 0 Å². The van der Waals surface area contributed by atoms with E-state index in [1.165, 1.54) is 12.1 Å². The molecule has 0 spiro atoms. The number of halogens is 5. The molecule has 1 amide bonds. The molecule has 0 aliphatic carbocycles. The highest BCUT2D eigenvalue weighted by Crippen LogP contribution is 2.29. The molecule has 21 heavy (non-hydrogen) atoms. The molecule has 7 heteroatoms. The molecule has 0 aromatic heterocycles. The minimum Gasteiger partial charge on any atom is -0.322 e. The lowest BCUT2D eigenvalue weighted by molar-refractivity contribution is -0.137. The van der Waals surface area contributed by atoms with Crippen LogP contribution in [0.2, 0.25) is 0 Å². The minimum absolute atomic E-state index is 0.127. The van der Waals surface area contributed by atoms with Gasteiger partial charge in [0.1, 0.15) is 5.82 Å². The molecule has 2 rings (SSSR count). The molecule has 1 N–H and O–H groups in total. The van der Waals surface area contributed by atoms with E-state index in [-0.39, 0.29) is 15.7 Å². The van der Waals surface area contributed by atoms with Gasteiger partial charge in [-0.15, -0.1) is 0 Å². The van der Waals surface area contributed by atoms with E-state index in [2.05, 4.69) is 21.2 Å². The molecule has 0 bridgehead atoms. The van der Waals surface area contributed by atoms with Crippen molar-refractivity contribution in [3.05, 3.63) is 63.9 Å². The summed E-state index contributed by atoms with van der Waals surface area (Å²) in [6.45, 7) is 0. The van der Waals surface area contributed by atoms with Crippen LogP contribution in [0.5, 0.6) is 0 Å². The van der Waals surface area contributed by atoms with Crippen LogP contribution in [0.15, 0.2) is 46.9 Å². The fraction of sp³-hybridized carbons (Fsp3) is 0.0714. The Balaban J connectivity index is 2.14. The zero-order valence-corrected chi connectivity index (χ0v) is 11.9. The first-order chi connectivity index (χ1) is 9.77. The van der Waals surface area contributed by atoms with Gasteiger partial charge in [-0.25, -0.2) is 4.39 Å². The molecule has 0 unspecified atom stereocenters. The minimum atomic E-state index is -4.43. The van der Waals surface area contributed by atoms with Crippen molar-refractivity contribution in [2.45, 2.75) is 6.18 Å². The number of amides is 1. The maximum atomic E-state index is 13.1. The number of nitrogens with one attached hydrogen (secondary N) is 1. The lowest BCUT2D eigenvalue weighted by Crippen LogP contribution is -2.12. The van der Waals surface area contributed by atoms with Crippen molar-refractivity contribution in [1.82, 2.24) is 0 Å². The highest BCUT2D eigenvalue weighted by atomic mass is 79.9. The quantitative estimate of drug-likeness (QED) is 0.760. The first-order valence-electron chi connectivity index (χ1n) is 5.71. The van der Waals surface area contributed by atoms with Crippen LogP contribution in [0.3, 0.4) is 0 Å². The van der Waals surface area contributed by atoms with Gasteiger partial charge in [0.2, 0.25) is 0 Å². The summed E-state index contributed by atoms with van der Waals surface area (Å²) in [5.41, 5.74) is -0.401. The summed E-state index contributed by atoms with van der Waals surface area (Å²) < 4.78 is 50.4. The van der Waals surface area contributed by atoms with Crippen LogP contribution in [0.1, 0.15) is 15.9 Å². The van der Waals surface area contributed by atoms with Gasteiger partial charge in [0.05, 0.1) is 10.0 Å². The molecule has 0 atom stereocenters. The van der Waals surface area contributed by atoms with E-state index in [4.69, 9.17) is 0 Å². The molecular formula is C14H8BrF4NO. The molecule has 0 saturated carbocycles. The van der Waals surface area contributed by atoms with Gasteiger partial charge in [0.25, 0.3) is 5.91 Å². The second kappa shape index (κ2) is 5.85. The van der Waals surface area contributed by atoms with Crippen LogP contribution in [-0.2, 0) is 6.18 Å². The highest BCUT2D eigenvalue weighted by Gasteiger charge is 2.29. The maximum absolute atomic E-state index is 13.1. The Kier molecular flexibility index (Phi) is 4.32. The van der Waals surface area contributed by atoms with E-state index in [9.17, 15) is 22.4 Å². The predicted octanol–water partition coefficient (Wildman–Crippen LogP) is 4.86. The van der Waals surface area contributed by atoms with Crippen molar-refractivity contribution in [2.24, 2.45) is 0 Å². The molecule has 0 aliphatic rings. The number of hydrogen-bond donors (Lipinski definition) is 1. The summed E-state index contributed by atoms with van der Waals surface area (Å²) in [4.78, 5) is 11.9. The molecule has 2 aromatic rings. The summed E-state index contributed by atoms with van der Waals surface area (Å²) in [6.07, 6.45) is -4.43. The van der Waals surface area contributed by atoms with Crippen LogP contribution in [-0.4, -0.2) is 5.91 Å². The first-order valence-corrected chi connectivity index (χ1v) is 6.50. The van der Waals surface area contributed by atoms with E-state index >= 15 is 0 Å². The van der Waals surface area contributed by atoms with Gasteiger partial charge in [-0.05, 0) is 58.4 Å². The summed E-state index contributed by atoms with van der Waals surface area (Å²) in [7, 11) is 0. The predicted molar refractivity (Wildman–Crippen MR) is 73.5 cm³/mol. The summed E-state index contributed by atoms with van der Waals surface area (Å²) in [6, 6.07) is 7.73. The molecular weight excluding hydrogens is 354 g/mol. The van der Waals surface area contributed by atoms with Gasteiger partial charge in [-0.3, -0.25) is 4.79 Å². The second-order valence-electron chi connectivity index (χ2n) is 4.16. The SMILES string of the molecule is O=C(Nc1ccc(C(F)(F)F)cc1)c1ccc(F)c(Br)c1. The Morgan fingerprint density at radius 1 is 1.05 bits per heavy atom. The Hall–Kier alpha value is -1.89. The molecule has 2 aromatic carbocycles. The first kappa shape index (κ1) is 15.5. The highest BCUT2D eigenvalue weighted by molar-refractivity contribution is 9.10. The van der Waals surface area contributed by atoms with Crippen LogP contribution in [0.4, 0.5) is 23.2 Å². The second-order valence-corrected chi connectivity index (χ2v) is 5.01. The van der Waals surface area contributed by atoms with Crippen molar-refractivity contribution < 1.29 is 22.4 Å². The molecule has 0 fully saturated rings. The fourth-order valence-corrected chi connectivity index (χ4v) is 1.96. The average Bonchev–Trinajstić information content (AvgIpc) is 2.41. The average molecular weight is 362 g/mol. The van der Waals surface area contributed by atoms with Crippen LogP contribution in [0, 0.1) is 5.82 Å². The largest absolute Gasteiger partial charge is 0.416 e. The van der Waals surface area contributed by atoms with Crippen molar-refractivity contribution >= 4 is 27.5 Å².